The summed E-state index contributed by atoms with van der Waals surface area (Å²) in [4.78, 5) is 0. The second-order valence-electron chi connectivity index (χ2n) is 5.04. The van der Waals surface area contributed by atoms with E-state index in [2.05, 4.69) is 46.3 Å². The SMILES string of the molecule is BrCCC(CCOC1CCCCO1)c1ccccc1. The van der Waals surface area contributed by atoms with E-state index in [1.54, 1.807) is 0 Å². The van der Waals surface area contributed by atoms with Gasteiger partial charge in [0.25, 0.3) is 0 Å². The molecule has 0 saturated carbocycles. The van der Waals surface area contributed by atoms with Crippen LogP contribution in [0.15, 0.2) is 30.3 Å². The first kappa shape index (κ1) is 15.0. The van der Waals surface area contributed by atoms with E-state index in [-0.39, 0.29) is 6.29 Å². The highest BCUT2D eigenvalue weighted by molar-refractivity contribution is 9.09. The first-order valence-electron chi connectivity index (χ1n) is 7.24. The number of benzene rings is 1. The molecule has 0 bridgehead atoms. The van der Waals surface area contributed by atoms with Crippen LogP contribution in [0.5, 0.6) is 0 Å². The molecular weight excluding hydrogens is 304 g/mol. The van der Waals surface area contributed by atoms with E-state index in [9.17, 15) is 0 Å². The van der Waals surface area contributed by atoms with Crippen molar-refractivity contribution < 1.29 is 9.47 Å². The van der Waals surface area contributed by atoms with Gasteiger partial charge in [-0.2, -0.15) is 0 Å². The van der Waals surface area contributed by atoms with Gasteiger partial charge in [0.15, 0.2) is 6.29 Å². The molecule has 3 heteroatoms. The van der Waals surface area contributed by atoms with Gasteiger partial charge in [-0.3, -0.25) is 0 Å². The Morgan fingerprint density at radius 2 is 2.05 bits per heavy atom. The lowest BCUT2D eigenvalue weighted by Crippen LogP contribution is -2.23. The molecule has 0 spiro atoms. The molecule has 2 nitrogen and oxygen atoms in total. The second kappa shape index (κ2) is 8.72. The number of rotatable bonds is 7. The normalized spacial score (nSPS) is 21.2. The third kappa shape index (κ3) is 5.25. The maximum atomic E-state index is 5.84. The lowest BCUT2D eigenvalue weighted by molar-refractivity contribution is -0.163. The summed E-state index contributed by atoms with van der Waals surface area (Å²) in [5, 5.41) is 1.03. The van der Waals surface area contributed by atoms with Gasteiger partial charge in [-0.1, -0.05) is 46.3 Å². The monoisotopic (exact) mass is 326 g/mol. The van der Waals surface area contributed by atoms with Gasteiger partial charge in [-0.05, 0) is 43.6 Å². The van der Waals surface area contributed by atoms with Crippen LogP contribution in [0, 0.1) is 0 Å². The molecule has 1 saturated heterocycles. The van der Waals surface area contributed by atoms with E-state index in [1.165, 1.54) is 18.4 Å². The summed E-state index contributed by atoms with van der Waals surface area (Å²) in [7, 11) is 0. The molecular formula is C16H23BrO2. The molecule has 1 fully saturated rings. The number of ether oxygens (including phenoxy) is 2. The Hall–Kier alpha value is -0.380. The van der Waals surface area contributed by atoms with Crippen molar-refractivity contribution in [2.24, 2.45) is 0 Å². The minimum Gasteiger partial charge on any atom is -0.353 e. The van der Waals surface area contributed by atoms with Gasteiger partial charge in [-0.25, -0.2) is 0 Å². The fourth-order valence-corrected chi connectivity index (χ4v) is 3.07. The van der Waals surface area contributed by atoms with Crippen LogP contribution >= 0.6 is 15.9 Å². The maximum Gasteiger partial charge on any atom is 0.157 e. The Labute approximate surface area is 124 Å². The third-order valence-electron chi connectivity index (χ3n) is 3.64. The first-order chi connectivity index (χ1) is 9.40. The Morgan fingerprint density at radius 1 is 1.21 bits per heavy atom. The van der Waals surface area contributed by atoms with Crippen LogP contribution in [0.25, 0.3) is 0 Å². The predicted molar refractivity (Wildman–Crippen MR) is 81.8 cm³/mol. The lowest BCUT2D eigenvalue weighted by Gasteiger charge is -2.24. The molecule has 19 heavy (non-hydrogen) atoms. The maximum absolute atomic E-state index is 5.84. The molecule has 2 unspecified atom stereocenters. The first-order valence-corrected chi connectivity index (χ1v) is 8.36. The molecule has 106 valence electrons. The quantitative estimate of drug-likeness (QED) is 0.687. The van der Waals surface area contributed by atoms with Crippen molar-refractivity contribution in [3.63, 3.8) is 0 Å². The zero-order chi connectivity index (χ0) is 13.3. The highest BCUT2D eigenvalue weighted by atomic mass is 79.9. The predicted octanol–water partition coefficient (Wildman–Crippen LogP) is 4.49. The minimum atomic E-state index is 0.0362. The average molecular weight is 327 g/mol. The Morgan fingerprint density at radius 3 is 2.74 bits per heavy atom. The largest absolute Gasteiger partial charge is 0.353 e. The van der Waals surface area contributed by atoms with E-state index >= 15 is 0 Å². The Balaban J connectivity index is 1.77. The highest BCUT2D eigenvalue weighted by Gasteiger charge is 2.16. The third-order valence-corrected chi connectivity index (χ3v) is 4.09. The summed E-state index contributed by atoms with van der Waals surface area (Å²) in [5.41, 5.74) is 1.41. The van der Waals surface area contributed by atoms with E-state index < -0.39 is 0 Å². The molecule has 0 amide bonds. The zero-order valence-corrected chi connectivity index (χ0v) is 13.0. The van der Waals surface area contributed by atoms with Gasteiger partial charge >= 0.3 is 0 Å². The van der Waals surface area contributed by atoms with Gasteiger partial charge in [-0.15, -0.1) is 0 Å². The topological polar surface area (TPSA) is 18.5 Å². The standard InChI is InChI=1S/C16H23BrO2/c17-11-9-15(14-6-2-1-3-7-14)10-13-19-16-8-4-5-12-18-16/h1-3,6-7,15-16H,4-5,8-13H2. The highest BCUT2D eigenvalue weighted by Crippen LogP contribution is 2.25. The van der Waals surface area contributed by atoms with E-state index in [0.717, 1.165) is 37.8 Å². The summed E-state index contributed by atoms with van der Waals surface area (Å²) in [6, 6.07) is 10.7. The molecule has 0 N–H and O–H groups in total. The van der Waals surface area contributed by atoms with Gasteiger partial charge in [0.1, 0.15) is 0 Å². The van der Waals surface area contributed by atoms with Gasteiger partial charge < -0.3 is 9.47 Å². The van der Waals surface area contributed by atoms with Crippen LogP contribution in [0.3, 0.4) is 0 Å². The molecule has 0 aromatic heterocycles. The molecule has 1 aliphatic rings. The molecule has 1 aliphatic heterocycles. The smallest absolute Gasteiger partial charge is 0.157 e. The van der Waals surface area contributed by atoms with Crippen LogP contribution in [-0.4, -0.2) is 24.8 Å². The Kier molecular flexibility index (Phi) is 6.90. The van der Waals surface area contributed by atoms with E-state index in [0.29, 0.717) is 5.92 Å². The lowest BCUT2D eigenvalue weighted by atomic mass is 9.94. The van der Waals surface area contributed by atoms with E-state index in [4.69, 9.17) is 9.47 Å². The van der Waals surface area contributed by atoms with Gasteiger partial charge in [0.2, 0.25) is 0 Å². The average Bonchev–Trinajstić information content (AvgIpc) is 2.48. The van der Waals surface area contributed by atoms with Crippen molar-refractivity contribution in [2.45, 2.75) is 44.3 Å². The number of hydrogen-bond acceptors (Lipinski definition) is 2. The number of alkyl halides is 1. The molecule has 0 aliphatic carbocycles. The number of hydrogen-bond donors (Lipinski definition) is 0. The van der Waals surface area contributed by atoms with Crippen LogP contribution in [0.1, 0.15) is 43.6 Å². The van der Waals surface area contributed by atoms with Crippen molar-refractivity contribution in [2.75, 3.05) is 18.5 Å². The van der Waals surface area contributed by atoms with Crippen LogP contribution in [-0.2, 0) is 9.47 Å². The summed E-state index contributed by atoms with van der Waals surface area (Å²) < 4.78 is 11.4. The summed E-state index contributed by atoms with van der Waals surface area (Å²) in [5.74, 6) is 0.573. The molecule has 0 radical (unpaired) electrons. The van der Waals surface area contributed by atoms with Crippen LogP contribution in [0.4, 0.5) is 0 Å². The van der Waals surface area contributed by atoms with Crippen molar-refractivity contribution in [1.29, 1.82) is 0 Å². The van der Waals surface area contributed by atoms with Crippen molar-refractivity contribution in [3.05, 3.63) is 35.9 Å². The Bertz CT molecular complexity index is 336. The molecule has 1 aromatic rings. The summed E-state index contributed by atoms with van der Waals surface area (Å²) >= 11 is 3.55. The molecule has 2 atom stereocenters. The zero-order valence-electron chi connectivity index (χ0n) is 11.4. The number of halogens is 1. The minimum absolute atomic E-state index is 0.0362. The van der Waals surface area contributed by atoms with Crippen LogP contribution < -0.4 is 0 Å². The van der Waals surface area contributed by atoms with Crippen molar-refractivity contribution in [1.82, 2.24) is 0 Å². The molecule has 2 rings (SSSR count). The van der Waals surface area contributed by atoms with E-state index in [1.807, 2.05) is 0 Å². The van der Waals surface area contributed by atoms with Gasteiger partial charge in [0, 0.05) is 11.9 Å². The molecule has 1 heterocycles. The van der Waals surface area contributed by atoms with Gasteiger partial charge in [0.05, 0.1) is 6.61 Å². The fraction of sp³-hybridized carbons (Fsp3) is 0.625. The fourth-order valence-electron chi connectivity index (χ4n) is 2.52. The summed E-state index contributed by atoms with van der Waals surface area (Å²) in [6.45, 7) is 1.64. The van der Waals surface area contributed by atoms with Crippen molar-refractivity contribution in [3.8, 4) is 0 Å². The summed E-state index contributed by atoms with van der Waals surface area (Å²) in [6.07, 6.45) is 5.71. The van der Waals surface area contributed by atoms with Crippen LogP contribution in [0.2, 0.25) is 0 Å². The van der Waals surface area contributed by atoms with Crippen molar-refractivity contribution >= 4 is 15.9 Å². The second-order valence-corrected chi connectivity index (χ2v) is 5.83. The molecule has 1 aromatic carbocycles.